The molecule has 1 aliphatic rings. The third-order valence-corrected chi connectivity index (χ3v) is 3.92. The van der Waals surface area contributed by atoms with Crippen LogP contribution in [0.4, 0.5) is 0 Å². The van der Waals surface area contributed by atoms with Gasteiger partial charge in [0.05, 0.1) is 14.2 Å². The van der Waals surface area contributed by atoms with Crippen LogP contribution in [0.15, 0.2) is 41.9 Å². The summed E-state index contributed by atoms with van der Waals surface area (Å²) in [6.45, 7) is 1.82. The van der Waals surface area contributed by atoms with Gasteiger partial charge in [-0.25, -0.2) is 0 Å². The fourth-order valence-corrected chi connectivity index (χ4v) is 2.71. The van der Waals surface area contributed by atoms with Crippen molar-refractivity contribution in [3.05, 3.63) is 47.4 Å². The molecule has 1 aromatic carbocycles. The highest BCUT2D eigenvalue weighted by Crippen LogP contribution is 2.34. The van der Waals surface area contributed by atoms with Gasteiger partial charge in [0.2, 0.25) is 11.5 Å². The van der Waals surface area contributed by atoms with Crippen LogP contribution in [-0.4, -0.2) is 31.2 Å². The molecule has 3 atom stereocenters. The summed E-state index contributed by atoms with van der Waals surface area (Å²) in [6, 6.07) is 9.83. The van der Waals surface area contributed by atoms with Crippen molar-refractivity contribution in [2.75, 3.05) is 14.2 Å². The molecule has 0 bridgehead atoms. The van der Waals surface area contributed by atoms with E-state index in [4.69, 9.17) is 9.47 Å². The van der Waals surface area contributed by atoms with Crippen LogP contribution in [0, 0.1) is 11.8 Å². The molecule has 0 spiro atoms. The van der Waals surface area contributed by atoms with Crippen LogP contribution in [0.1, 0.15) is 12.5 Å². The molecule has 1 aliphatic carbocycles. The van der Waals surface area contributed by atoms with Crippen LogP contribution < -0.4 is 0 Å². The fourth-order valence-electron chi connectivity index (χ4n) is 2.71. The van der Waals surface area contributed by atoms with E-state index in [0.29, 0.717) is 6.42 Å². The first-order valence-electron chi connectivity index (χ1n) is 6.68. The summed E-state index contributed by atoms with van der Waals surface area (Å²) in [7, 11) is 2.86. The maximum atomic E-state index is 12.3. The minimum atomic E-state index is -0.831. The highest BCUT2D eigenvalue weighted by atomic mass is 16.5. The number of allylic oxidation sites excluding steroid dienone is 1. The number of aliphatic hydroxyl groups excluding tert-OH is 1. The van der Waals surface area contributed by atoms with E-state index >= 15 is 0 Å². The van der Waals surface area contributed by atoms with Crippen molar-refractivity contribution in [1.29, 1.82) is 0 Å². The Morgan fingerprint density at radius 3 is 2.35 bits per heavy atom. The molecular formula is C16H20O4. The van der Waals surface area contributed by atoms with E-state index in [9.17, 15) is 9.90 Å². The normalized spacial score (nSPS) is 26.6. The van der Waals surface area contributed by atoms with Gasteiger partial charge < -0.3 is 14.6 Å². The molecule has 20 heavy (non-hydrogen) atoms. The number of ether oxygens (including phenoxy) is 2. The lowest BCUT2D eigenvalue weighted by Crippen LogP contribution is -2.41. The predicted molar refractivity (Wildman–Crippen MR) is 74.9 cm³/mol. The molecule has 0 heterocycles. The Morgan fingerprint density at radius 1 is 1.15 bits per heavy atom. The third-order valence-electron chi connectivity index (χ3n) is 3.92. The molecule has 0 aromatic heterocycles. The van der Waals surface area contributed by atoms with Gasteiger partial charge in [0.1, 0.15) is 6.10 Å². The van der Waals surface area contributed by atoms with Gasteiger partial charge in [0.25, 0.3) is 0 Å². The molecule has 108 valence electrons. The number of carbonyl (C=O) groups is 1. The zero-order chi connectivity index (χ0) is 14.7. The van der Waals surface area contributed by atoms with Gasteiger partial charge in [-0.1, -0.05) is 37.3 Å². The first-order chi connectivity index (χ1) is 9.60. The molecule has 0 unspecified atom stereocenters. The Labute approximate surface area is 119 Å². The first-order valence-corrected chi connectivity index (χ1v) is 6.68. The average molecular weight is 276 g/mol. The van der Waals surface area contributed by atoms with Crippen molar-refractivity contribution < 1.29 is 19.4 Å². The third kappa shape index (κ3) is 2.56. The highest BCUT2D eigenvalue weighted by Gasteiger charge is 2.42. The smallest absolute Gasteiger partial charge is 0.204 e. The number of methoxy groups -OCH3 is 2. The van der Waals surface area contributed by atoms with Gasteiger partial charge in [-0.05, 0) is 12.0 Å². The zero-order valence-electron chi connectivity index (χ0n) is 12.0. The summed E-state index contributed by atoms with van der Waals surface area (Å²) >= 11 is 0. The monoisotopic (exact) mass is 276 g/mol. The SMILES string of the molecule is COC1=C(OC)[C@@H](O)[C@@H](Cc2ccccc2)[C@@H](C)C1=O. The Balaban J connectivity index is 2.31. The van der Waals surface area contributed by atoms with Crippen molar-refractivity contribution in [2.45, 2.75) is 19.4 Å². The molecule has 1 aromatic rings. The second-order valence-corrected chi connectivity index (χ2v) is 5.05. The molecule has 0 saturated carbocycles. The van der Waals surface area contributed by atoms with Crippen molar-refractivity contribution in [3.63, 3.8) is 0 Å². The van der Waals surface area contributed by atoms with Crippen molar-refractivity contribution in [2.24, 2.45) is 11.8 Å². The Hall–Kier alpha value is -1.81. The maximum absolute atomic E-state index is 12.3. The van der Waals surface area contributed by atoms with Gasteiger partial charge in [-0.15, -0.1) is 0 Å². The van der Waals surface area contributed by atoms with Gasteiger partial charge in [0, 0.05) is 11.8 Å². The zero-order valence-corrected chi connectivity index (χ0v) is 12.0. The van der Waals surface area contributed by atoms with Crippen LogP contribution >= 0.6 is 0 Å². The Kier molecular flexibility index (Phi) is 4.45. The van der Waals surface area contributed by atoms with E-state index in [-0.39, 0.29) is 29.1 Å². The van der Waals surface area contributed by atoms with E-state index in [1.165, 1.54) is 14.2 Å². The largest absolute Gasteiger partial charge is 0.494 e. The summed E-state index contributed by atoms with van der Waals surface area (Å²) in [6.07, 6.45) is -0.207. The minimum Gasteiger partial charge on any atom is -0.494 e. The summed E-state index contributed by atoms with van der Waals surface area (Å²) in [5.74, 6) is -0.262. The van der Waals surface area contributed by atoms with Gasteiger partial charge in [-0.3, -0.25) is 4.79 Å². The van der Waals surface area contributed by atoms with Gasteiger partial charge in [0.15, 0.2) is 5.76 Å². The molecule has 0 radical (unpaired) electrons. The predicted octanol–water partition coefficient (Wildman–Crippen LogP) is 1.93. The van der Waals surface area contributed by atoms with Crippen LogP contribution in [0.3, 0.4) is 0 Å². The second kappa shape index (κ2) is 6.09. The van der Waals surface area contributed by atoms with Gasteiger partial charge >= 0.3 is 0 Å². The Morgan fingerprint density at radius 2 is 1.80 bits per heavy atom. The summed E-state index contributed by atoms with van der Waals surface area (Å²) in [4.78, 5) is 12.3. The second-order valence-electron chi connectivity index (χ2n) is 5.05. The number of hydrogen-bond acceptors (Lipinski definition) is 4. The number of aliphatic hydroxyl groups is 1. The Bertz CT molecular complexity index is 506. The quantitative estimate of drug-likeness (QED) is 0.913. The topological polar surface area (TPSA) is 55.8 Å². The average Bonchev–Trinajstić information content (AvgIpc) is 2.48. The van der Waals surface area contributed by atoms with E-state index < -0.39 is 6.10 Å². The first kappa shape index (κ1) is 14.6. The summed E-state index contributed by atoms with van der Waals surface area (Å²) in [5.41, 5.74) is 1.09. The van der Waals surface area contributed by atoms with E-state index in [0.717, 1.165) is 5.56 Å². The van der Waals surface area contributed by atoms with E-state index in [1.54, 1.807) is 0 Å². The molecule has 1 N–H and O–H groups in total. The lowest BCUT2D eigenvalue weighted by molar-refractivity contribution is -0.128. The van der Waals surface area contributed by atoms with Crippen LogP contribution in [-0.2, 0) is 20.7 Å². The molecule has 0 fully saturated rings. The highest BCUT2D eigenvalue weighted by molar-refractivity contribution is 5.97. The number of Topliss-reactive ketones (excluding diaryl/α,β-unsaturated/α-hetero) is 1. The minimum absolute atomic E-state index is 0.115. The molecule has 0 amide bonds. The maximum Gasteiger partial charge on any atom is 0.204 e. The molecular weight excluding hydrogens is 256 g/mol. The number of ketones is 1. The van der Waals surface area contributed by atoms with Crippen molar-refractivity contribution >= 4 is 5.78 Å². The molecule has 4 heteroatoms. The van der Waals surface area contributed by atoms with E-state index in [2.05, 4.69) is 0 Å². The number of carbonyl (C=O) groups excluding carboxylic acids is 1. The lowest BCUT2D eigenvalue weighted by atomic mass is 9.76. The fraction of sp³-hybridized carbons (Fsp3) is 0.438. The summed E-state index contributed by atoms with van der Waals surface area (Å²) < 4.78 is 10.3. The van der Waals surface area contributed by atoms with Crippen LogP contribution in [0.25, 0.3) is 0 Å². The van der Waals surface area contributed by atoms with Crippen LogP contribution in [0.2, 0.25) is 0 Å². The summed E-state index contributed by atoms with van der Waals surface area (Å²) in [5, 5.41) is 10.5. The molecule has 0 saturated heterocycles. The van der Waals surface area contributed by atoms with Crippen LogP contribution in [0.5, 0.6) is 0 Å². The van der Waals surface area contributed by atoms with Gasteiger partial charge in [-0.2, -0.15) is 0 Å². The molecule has 2 rings (SSSR count). The van der Waals surface area contributed by atoms with E-state index in [1.807, 2.05) is 37.3 Å². The number of rotatable bonds is 4. The molecule has 4 nitrogen and oxygen atoms in total. The van der Waals surface area contributed by atoms with Crippen molar-refractivity contribution in [1.82, 2.24) is 0 Å². The number of benzene rings is 1. The van der Waals surface area contributed by atoms with Crippen molar-refractivity contribution in [3.8, 4) is 0 Å². The lowest BCUT2D eigenvalue weighted by Gasteiger charge is -2.34. The standard InChI is InChI=1S/C16H20O4/c1-10-12(9-11-7-5-4-6-8-11)14(18)16(20-3)15(19-2)13(10)17/h4-8,10,12,14,18H,9H2,1-3H3/t10-,12+,14+/m1/s1. The molecule has 0 aliphatic heterocycles. The number of hydrogen-bond donors (Lipinski definition) is 1.